The highest BCUT2D eigenvalue weighted by Crippen LogP contribution is 2.15. The molecule has 6 heteroatoms. The summed E-state index contributed by atoms with van der Waals surface area (Å²) in [7, 11) is -3.33. The summed E-state index contributed by atoms with van der Waals surface area (Å²) >= 11 is 0. The molecule has 18 heavy (non-hydrogen) atoms. The largest absolute Gasteiger partial charge is 0.314 e. The van der Waals surface area contributed by atoms with Crippen LogP contribution in [0.5, 0.6) is 0 Å². The molecule has 1 fully saturated rings. The number of hydrogen-bond donors (Lipinski definition) is 2. The van der Waals surface area contributed by atoms with Crippen molar-refractivity contribution in [1.82, 2.24) is 14.3 Å². The molecule has 1 rings (SSSR count). The summed E-state index contributed by atoms with van der Waals surface area (Å²) in [6.45, 7) is 9.94. The average molecular weight is 277 g/mol. The fraction of sp³-hybridized carbons (Fsp3) is 1.00. The summed E-state index contributed by atoms with van der Waals surface area (Å²) in [5, 5.41) is 3.45. The van der Waals surface area contributed by atoms with Gasteiger partial charge in [0.1, 0.15) is 0 Å². The SMILES string of the molecule is CCCNC1CCN(S(=O)(=O)NC(C)(C)C)CC1. The van der Waals surface area contributed by atoms with E-state index < -0.39 is 15.7 Å². The van der Waals surface area contributed by atoms with Gasteiger partial charge in [-0.25, -0.2) is 0 Å². The van der Waals surface area contributed by atoms with Crippen molar-refractivity contribution in [2.24, 2.45) is 0 Å². The van der Waals surface area contributed by atoms with Crippen molar-refractivity contribution < 1.29 is 8.42 Å². The topological polar surface area (TPSA) is 61.4 Å². The van der Waals surface area contributed by atoms with Crippen LogP contribution in [0.15, 0.2) is 0 Å². The Bertz CT molecular complexity index is 341. The summed E-state index contributed by atoms with van der Waals surface area (Å²) in [5.74, 6) is 0. The van der Waals surface area contributed by atoms with E-state index in [1.807, 2.05) is 20.8 Å². The van der Waals surface area contributed by atoms with Gasteiger partial charge in [0, 0.05) is 24.7 Å². The molecule has 0 aliphatic carbocycles. The van der Waals surface area contributed by atoms with Crippen molar-refractivity contribution in [1.29, 1.82) is 0 Å². The molecule has 1 aliphatic rings. The lowest BCUT2D eigenvalue weighted by Crippen LogP contribution is -2.52. The van der Waals surface area contributed by atoms with Crippen LogP contribution in [0.1, 0.15) is 47.0 Å². The minimum Gasteiger partial charge on any atom is -0.314 e. The van der Waals surface area contributed by atoms with E-state index in [0.29, 0.717) is 19.1 Å². The fourth-order valence-corrected chi connectivity index (χ4v) is 3.69. The average Bonchev–Trinajstić information content (AvgIpc) is 2.23. The van der Waals surface area contributed by atoms with Crippen molar-refractivity contribution in [3.05, 3.63) is 0 Å². The third kappa shape index (κ3) is 5.22. The predicted molar refractivity (Wildman–Crippen MR) is 74.7 cm³/mol. The monoisotopic (exact) mass is 277 g/mol. The number of nitrogens with zero attached hydrogens (tertiary/aromatic N) is 1. The van der Waals surface area contributed by atoms with Crippen LogP contribution in [0.2, 0.25) is 0 Å². The second-order valence-electron chi connectivity index (χ2n) is 5.98. The Morgan fingerprint density at radius 3 is 2.22 bits per heavy atom. The van der Waals surface area contributed by atoms with Crippen LogP contribution in [0.3, 0.4) is 0 Å². The molecule has 0 unspecified atom stereocenters. The predicted octanol–water partition coefficient (Wildman–Crippen LogP) is 1.08. The van der Waals surface area contributed by atoms with Gasteiger partial charge in [0.25, 0.3) is 10.2 Å². The van der Waals surface area contributed by atoms with Gasteiger partial charge in [0.2, 0.25) is 0 Å². The minimum absolute atomic E-state index is 0.420. The van der Waals surface area contributed by atoms with Crippen LogP contribution in [0.25, 0.3) is 0 Å². The summed E-state index contributed by atoms with van der Waals surface area (Å²) < 4.78 is 28.5. The van der Waals surface area contributed by atoms with Gasteiger partial charge < -0.3 is 5.32 Å². The van der Waals surface area contributed by atoms with Crippen molar-refractivity contribution in [3.63, 3.8) is 0 Å². The third-order valence-electron chi connectivity index (χ3n) is 2.91. The zero-order valence-corrected chi connectivity index (χ0v) is 12.8. The van der Waals surface area contributed by atoms with Gasteiger partial charge in [-0.2, -0.15) is 17.4 Å². The standard InChI is InChI=1S/C12H27N3O2S/c1-5-8-13-11-6-9-15(10-7-11)18(16,17)14-12(2,3)4/h11,13-14H,5-10H2,1-4H3. The molecule has 2 N–H and O–H groups in total. The van der Waals surface area contributed by atoms with Crippen molar-refractivity contribution in [2.45, 2.75) is 58.5 Å². The molecule has 0 bridgehead atoms. The number of nitrogens with one attached hydrogen (secondary N) is 2. The van der Waals surface area contributed by atoms with E-state index in [1.54, 1.807) is 4.31 Å². The van der Waals surface area contributed by atoms with Crippen LogP contribution >= 0.6 is 0 Å². The van der Waals surface area contributed by atoms with Crippen LogP contribution in [-0.2, 0) is 10.2 Å². The summed E-state index contributed by atoms with van der Waals surface area (Å²) in [5.41, 5.74) is -0.420. The lowest BCUT2D eigenvalue weighted by molar-refractivity contribution is 0.283. The summed E-state index contributed by atoms with van der Waals surface area (Å²) in [4.78, 5) is 0. The Labute approximate surface area is 112 Å². The molecular formula is C12H27N3O2S. The van der Waals surface area contributed by atoms with Crippen LogP contribution in [0, 0.1) is 0 Å². The lowest BCUT2D eigenvalue weighted by atomic mass is 10.1. The molecule has 108 valence electrons. The molecule has 0 amide bonds. The Morgan fingerprint density at radius 1 is 1.22 bits per heavy atom. The molecule has 0 spiro atoms. The lowest BCUT2D eigenvalue weighted by Gasteiger charge is -2.33. The molecule has 1 saturated heterocycles. The zero-order chi connectivity index (χ0) is 13.8. The molecule has 0 atom stereocenters. The van der Waals surface area contributed by atoms with Gasteiger partial charge in [-0.1, -0.05) is 6.92 Å². The number of hydrogen-bond acceptors (Lipinski definition) is 3. The van der Waals surface area contributed by atoms with E-state index >= 15 is 0 Å². The minimum atomic E-state index is -3.33. The highest BCUT2D eigenvalue weighted by Gasteiger charge is 2.30. The normalized spacial score (nSPS) is 20.2. The number of rotatable bonds is 5. The van der Waals surface area contributed by atoms with Crippen LogP contribution < -0.4 is 10.0 Å². The third-order valence-corrected chi connectivity index (χ3v) is 4.83. The molecule has 1 aliphatic heterocycles. The van der Waals surface area contributed by atoms with E-state index in [2.05, 4.69) is 17.0 Å². The smallest absolute Gasteiger partial charge is 0.279 e. The van der Waals surface area contributed by atoms with Gasteiger partial charge >= 0.3 is 0 Å². The summed E-state index contributed by atoms with van der Waals surface area (Å²) in [6, 6.07) is 0.464. The maximum Gasteiger partial charge on any atom is 0.279 e. The van der Waals surface area contributed by atoms with Gasteiger partial charge in [0.05, 0.1) is 0 Å². The second-order valence-corrected chi connectivity index (χ2v) is 7.66. The maximum absolute atomic E-state index is 12.1. The Kier molecular flexibility index (Phi) is 5.58. The van der Waals surface area contributed by atoms with Gasteiger partial charge in [0.15, 0.2) is 0 Å². The van der Waals surface area contributed by atoms with E-state index in [9.17, 15) is 8.42 Å². The molecule has 0 aromatic rings. The first kappa shape index (κ1) is 15.9. The summed E-state index contributed by atoms with van der Waals surface area (Å²) in [6.07, 6.45) is 2.90. The second kappa shape index (κ2) is 6.32. The van der Waals surface area contributed by atoms with E-state index in [0.717, 1.165) is 25.8 Å². The van der Waals surface area contributed by atoms with E-state index in [1.165, 1.54) is 0 Å². The highest BCUT2D eigenvalue weighted by molar-refractivity contribution is 7.87. The van der Waals surface area contributed by atoms with Crippen LogP contribution in [0.4, 0.5) is 0 Å². The Hall–Kier alpha value is -0.170. The zero-order valence-electron chi connectivity index (χ0n) is 12.0. The quantitative estimate of drug-likeness (QED) is 0.790. The molecule has 0 saturated carbocycles. The number of piperidine rings is 1. The first-order valence-electron chi connectivity index (χ1n) is 6.77. The van der Waals surface area contributed by atoms with Gasteiger partial charge in [-0.05, 0) is 46.6 Å². The highest BCUT2D eigenvalue weighted by atomic mass is 32.2. The molecule has 0 radical (unpaired) electrons. The van der Waals surface area contributed by atoms with Crippen molar-refractivity contribution in [3.8, 4) is 0 Å². The fourth-order valence-electron chi connectivity index (χ4n) is 2.10. The van der Waals surface area contributed by atoms with E-state index in [4.69, 9.17) is 0 Å². The first-order chi connectivity index (χ1) is 8.24. The Morgan fingerprint density at radius 2 is 1.78 bits per heavy atom. The molecule has 1 heterocycles. The molecular weight excluding hydrogens is 250 g/mol. The molecule has 0 aromatic carbocycles. The van der Waals surface area contributed by atoms with E-state index in [-0.39, 0.29) is 0 Å². The van der Waals surface area contributed by atoms with Crippen LogP contribution in [-0.4, -0.2) is 43.9 Å². The Balaban J connectivity index is 2.47. The molecule has 0 aromatic heterocycles. The van der Waals surface area contributed by atoms with Crippen molar-refractivity contribution in [2.75, 3.05) is 19.6 Å². The van der Waals surface area contributed by atoms with Crippen molar-refractivity contribution >= 4 is 10.2 Å². The van der Waals surface area contributed by atoms with Gasteiger partial charge in [-0.3, -0.25) is 0 Å². The molecule has 5 nitrogen and oxygen atoms in total. The first-order valence-corrected chi connectivity index (χ1v) is 8.21. The maximum atomic E-state index is 12.1. The van der Waals surface area contributed by atoms with Gasteiger partial charge in [-0.15, -0.1) is 0 Å².